The second-order valence-electron chi connectivity index (χ2n) is 6.79. The van der Waals surface area contributed by atoms with E-state index in [0.717, 1.165) is 31.4 Å². The number of allylic oxidation sites excluding steroid dienone is 1. The molecule has 6 heteroatoms. The lowest BCUT2D eigenvalue weighted by atomic mass is 9.87. The molecule has 0 spiro atoms. The Labute approximate surface area is 158 Å². The van der Waals surface area contributed by atoms with Crippen LogP contribution in [0.1, 0.15) is 44.1 Å². The maximum Gasteiger partial charge on any atom is 0.233 e. The molecule has 2 aliphatic heterocycles. The third kappa shape index (κ3) is 4.10. The topological polar surface area (TPSA) is 73.2 Å². The number of nitriles is 1. The molecule has 1 fully saturated rings. The van der Waals surface area contributed by atoms with Crippen molar-refractivity contribution in [3.8, 4) is 6.07 Å². The minimum absolute atomic E-state index is 0.0723. The highest BCUT2D eigenvalue weighted by molar-refractivity contribution is 8.03. The standard InChI is InChI=1S/C20H23N3O2S/c1-14-7-5-6-10-23(14)19(25)13-26-20-17(12-21)16(11-18(24)22-20)15-8-3-2-4-9-15/h2-4,8-9,14,16H,5-7,10-11,13H2,1H3,(H,22,24)/t14-,16-/m1/s1. The highest BCUT2D eigenvalue weighted by Gasteiger charge is 2.30. The zero-order chi connectivity index (χ0) is 18.5. The van der Waals surface area contributed by atoms with E-state index in [2.05, 4.69) is 18.3 Å². The highest BCUT2D eigenvalue weighted by Crippen LogP contribution is 2.36. The van der Waals surface area contributed by atoms with Gasteiger partial charge in [0.15, 0.2) is 0 Å². The van der Waals surface area contributed by atoms with E-state index in [0.29, 0.717) is 10.6 Å². The smallest absolute Gasteiger partial charge is 0.233 e. The van der Waals surface area contributed by atoms with Gasteiger partial charge >= 0.3 is 0 Å². The lowest BCUT2D eigenvalue weighted by Crippen LogP contribution is -2.43. The van der Waals surface area contributed by atoms with Gasteiger partial charge in [0.05, 0.1) is 22.4 Å². The summed E-state index contributed by atoms with van der Waals surface area (Å²) in [6.07, 6.45) is 3.50. The van der Waals surface area contributed by atoms with Crippen molar-refractivity contribution in [2.24, 2.45) is 0 Å². The second-order valence-corrected chi connectivity index (χ2v) is 7.78. The molecule has 3 rings (SSSR count). The van der Waals surface area contributed by atoms with Crippen molar-refractivity contribution in [2.45, 2.75) is 44.6 Å². The van der Waals surface area contributed by atoms with Crippen LogP contribution in [0.25, 0.3) is 0 Å². The van der Waals surface area contributed by atoms with Gasteiger partial charge in [0, 0.05) is 24.9 Å². The van der Waals surface area contributed by atoms with Crippen molar-refractivity contribution in [3.05, 3.63) is 46.5 Å². The van der Waals surface area contributed by atoms with Gasteiger partial charge in [-0.25, -0.2) is 0 Å². The van der Waals surface area contributed by atoms with Crippen LogP contribution in [-0.4, -0.2) is 35.1 Å². The maximum absolute atomic E-state index is 12.6. The van der Waals surface area contributed by atoms with Crippen LogP contribution in [0.2, 0.25) is 0 Å². The minimum Gasteiger partial charge on any atom is -0.339 e. The number of hydrogen-bond acceptors (Lipinski definition) is 4. The average Bonchev–Trinajstić information content (AvgIpc) is 2.66. The molecule has 2 heterocycles. The number of benzene rings is 1. The number of amides is 2. The second kappa shape index (κ2) is 8.41. The molecule has 0 unspecified atom stereocenters. The molecule has 1 N–H and O–H groups in total. The fraction of sp³-hybridized carbons (Fsp3) is 0.450. The summed E-state index contributed by atoms with van der Waals surface area (Å²) in [4.78, 5) is 26.6. The van der Waals surface area contributed by atoms with Gasteiger partial charge in [0.1, 0.15) is 0 Å². The molecule has 2 atom stereocenters. The normalized spacial score (nSPS) is 23.4. The monoisotopic (exact) mass is 369 g/mol. The van der Waals surface area contributed by atoms with Crippen molar-refractivity contribution in [1.82, 2.24) is 10.2 Å². The van der Waals surface area contributed by atoms with E-state index in [-0.39, 0.29) is 35.9 Å². The number of nitrogens with one attached hydrogen (secondary N) is 1. The summed E-state index contributed by atoms with van der Waals surface area (Å²) in [6.45, 7) is 2.87. The summed E-state index contributed by atoms with van der Waals surface area (Å²) in [5.41, 5.74) is 1.49. The van der Waals surface area contributed by atoms with Crippen LogP contribution < -0.4 is 5.32 Å². The number of rotatable bonds is 4. The number of nitrogens with zero attached hydrogens (tertiary/aromatic N) is 2. The number of hydrogen-bond donors (Lipinski definition) is 1. The highest BCUT2D eigenvalue weighted by atomic mass is 32.2. The summed E-state index contributed by atoms with van der Waals surface area (Å²) in [5, 5.41) is 13.0. The van der Waals surface area contributed by atoms with E-state index in [1.54, 1.807) is 0 Å². The van der Waals surface area contributed by atoms with Gasteiger partial charge in [0.2, 0.25) is 11.8 Å². The number of carbonyl (C=O) groups excluding carboxylic acids is 2. The molecule has 136 valence electrons. The van der Waals surface area contributed by atoms with Gasteiger partial charge in [-0.15, -0.1) is 0 Å². The van der Waals surface area contributed by atoms with Crippen LogP contribution in [0.4, 0.5) is 0 Å². The Kier molecular flexibility index (Phi) is 6.00. The number of carbonyl (C=O) groups is 2. The molecule has 1 aromatic rings. The van der Waals surface area contributed by atoms with Crippen LogP contribution in [-0.2, 0) is 9.59 Å². The van der Waals surface area contributed by atoms with E-state index in [9.17, 15) is 14.9 Å². The summed E-state index contributed by atoms with van der Waals surface area (Å²) in [6, 6.07) is 12.1. The SMILES string of the molecule is C[C@@H]1CCCCN1C(=O)CSC1=C(C#N)[C@@H](c2ccccc2)CC(=O)N1. The Morgan fingerprint density at radius 3 is 2.81 bits per heavy atom. The number of likely N-dealkylation sites (tertiary alicyclic amines) is 1. The molecule has 5 nitrogen and oxygen atoms in total. The van der Waals surface area contributed by atoms with Gasteiger partial charge in [-0.1, -0.05) is 42.1 Å². The Morgan fingerprint density at radius 2 is 2.12 bits per heavy atom. The molecule has 2 aliphatic rings. The van der Waals surface area contributed by atoms with Crippen molar-refractivity contribution in [3.63, 3.8) is 0 Å². The van der Waals surface area contributed by atoms with E-state index >= 15 is 0 Å². The summed E-state index contributed by atoms with van der Waals surface area (Å²) >= 11 is 1.27. The molecular formula is C20H23N3O2S. The molecule has 0 saturated carbocycles. The summed E-state index contributed by atoms with van der Waals surface area (Å²) in [5.74, 6) is -0.0456. The lowest BCUT2D eigenvalue weighted by molar-refractivity contribution is -0.131. The van der Waals surface area contributed by atoms with Crippen LogP contribution >= 0.6 is 11.8 Å². The molecule has 1 aromatic carbocycles. The fourth-order valence-corrected chi connectivity index (χ4v) is 4.55. The van der Waals surface area contributed by atoms with Crippen LogP contribution in [0.5, 0.6) is 0 Å². The third-order valence-corrected chi connectivity index (χ3v) is 6.02. The molecule has 0 radical (unpaired) electrons. The maximum atomic E-state index is 12.6. The summed E-state index contributed by atoms with van der Waals surface area (Å²) in [7, 11) is 0. The molecule has 26 heavy (non-hydrogen) atoms. The Morgan fingerprint density at radius 1 is 1.35 bits per heavy atom. The first-order chi connectivity index (χ1) is 12.6. The summed E-state index contributed by atoms with van der Waals surface area (Å²) < 4.78 is 0. The lowest BCUT2D eigenvalue weighted by Gasteiger charge is -2.33. The Balaban J connectivity index is 1.76. The predicted molar refractivity (Wildman–Crippen MR) is 102 cm³/mol. The van der Waals surface area contributed by atoms with E-state index in [4.69, 9.17) is 0 Å². The molecular weight excluding hydrogens is 346 g/mol. The fourth-order valence-electron chi connectivity index (χ4n) is 3.59. The van der Waals surface area contributed by atoms with Crippen molar-refractivity contribution in [1.29, 1.82) is 5.26 Å². The van der Waals surface area contributed by atoms with Gasteiger partial charge < -0.3 is 10.2 Å². The number of thioether (sulfide) groups is 1. The largest absolute Gasteiger partial charge is 0.339 e. The van der Waals surface area contributed by atoms with Gasteiger partial charge in [-0.3, -0.25) is 9.59 Å². The Hall–Kier alpha value is -2.26. The average molecular weight is 369 g/mol. The molecule has 0 aliphatic carbocycles. The van der Waals surface area contributed by atoms with Gasteiger partial charge in [-0.05, 0) is 31.7 Å². The first-order valence-corrected chi connectivity index (χ1v) is 10.00. The van der Waals surface area contributed by atoms with Gasteiger partial charge in [-0.2, -0.15) is 5.26 Å². The zero-order valence-corrected chi connectivity index (χ0v) is 15.7. The van der Waals surface area contributed by atoms with Crippen LogP contribution in [0.3, 0.4) is 0 Å². The molecule has 0 bridgehead atoms. The van der Waals surface area contributed by atoms with Crippen LogP contribution in [0, 0.1) is 11.3 Å². The minimum atomic E-state index is -0.249. The van der Waals surface area contributed by atoms with Gasteiger partial charge in [0.25, 0.3) is 0 Å². The molecule has 0 aromatic heterocycles. The first-order valence-electron chi connectivity index (χ1n) is 9.01. The molecule has 2 amide bonds. The van der Waals surface area contributed by atoms with E-state index < -0.39 is 0 Å². The zero-order valence-electron chi connectivity index (χ0n) is 14.9. The van der Waals surface area contributed by atoms with Crippen molar-refractivity contribution < 1.29 is 9.59 Å². The van der Waals surface area contributed by atoms with Crippen molar-refractivity contribution in [2.75, 3.05) is 12.3 Å². The predicted octanol–water partition coefficient (Wildman–Crippen LogP) is 3.16. The van der Waals surface area contributed by atoms with Crippen LogP contribution in [0.15, 0.2) is 40.9 Å². The van der Waals surface area contributed by atoms with Crippen molar-refractivity contribution >= 4 is 23.6 Å². The molecule has 1 saturated heterocycles. The third-order valence-electron chi connectivity index (χ3n) is 5.02. The van der Waals surface area contributed by atoms with E-state index in [1.165, 1.54) is 11.8 Å². The Bertz CT molecular complexity index is 754. The number of piperidine rings is 1. The quantitative estimate of drug-likeness (QED) is 0.885. The van der Waals surface area contributed by atoms with E-state index in [1.807, 2.05) is 35.2 Å². The first kappa shape index (κ1) is 18.5.